The zero-order valence-electron chi connectivity index (χ0n) is 16.2. The third-order valence-corrected chi connectivity index (χ3v) is 5.00. The zero-order valence-corrected chi connectivity index (χ0v) is 16.2. The van der Waals surface area contributed by atoms with Crippen LogP contribution in [0.15, 0.2) is 43.0 Å². The average molecular weight is 399 g/mol. The summed E-state index contributed by atoms with van der Waals surface area (Å²) in [6.07, 6.45) is 1.54. The highest BCUT2D eigenvalue weighted by molar-refractivity contribution is 6.01. The van der Waals surface area contributed by atoms with Crippen molar-refractivity contribution in [1.29, 1.82) is 0 Å². The summed E-state index contributed by atoms with van der Waals surface area (Å²) in [5.74, 6) is -1.57. The molecule has 29 heavy (non-hydrogen) atoms. The zero-order chi connectivity index (χ0) is 21.2. The molecule has 0 saturated carbocycles. The normalized spacial score (nSPS) is 18.2. The lowest BCUT2D eigenvalue weighted by Gasteiger charge is -2.40. The number of carbonyl (C=O) groups excluding carboxylic acids is 3. The predicted molar refractivity (Wildman–Crippen MR) is 104 cm³/mol. The van der Waals surface area contributed by atoms with Crippen molar-refractivity contribution in [3.8, 4) is 0 Å². The standard InChI is InChI=1S/C20H22FN5O3/c1-4-9-22-17(27)15-10-16-18(28)25(3)20(2,12-26(16)24-15)19(29)23-11-13-5-7-14(21)8-6-13/h4-8,10H,1,9,11-12H2,2-3H3,(H,22,27)(H,23,29). The van der Waals surface area contributed by atoms with E-state index in [9.17, 15) is 18.8 Å². The minimum absolute atomic E-state index is 0.0918. The molecule has 2 heterocycles. The van der Waals surface area contributed by atoms with Gasteiger partial charge in [-0.3, -0.25) is 19.1 Å². The van der Waals surface area contributed by atoms with E-state index in [1.54, 1.807) is 19.1 Å². The summed E-state index contributed by atoms with van der Waals surface area (Å²) in [7, 11) is 1.54. The van der Waals surface area contributed by atoms with Crippen LogP contribution in [0.4, 0.5) is 4.39 Å². The number of nitrogens with zero attached hydrogens (tertiary/aromatic N) is 3. The first-order valence-corrected chi connectivity index (χ1v) is 9.04. The van der Waals surface area contributed by atoms with E-state index in [-0.39, 0.29) is 42.7 Å². The number of halogens is 1. The predicted octanol–water partition coefficient (Wildman–Crippen LogP) is 1.10. The van der Waals surface area contributed by atoms with Crippen molar-refractivity contribution in [2.45, 2.75) is 25.6 Å². The van der Waals surface area contributed by atoms with Crippen molar-refractivity contribution >= 4 is 17.7 Å². The lowest BCUT2D eigenvalue weighted by atomic mass is 9.96. The second kappa shape index (κ2) is 7.86. The fraction of sp³-hybridized carbons (Fsp3) is 0.300. The number of aromatic nitrogens is 2. The van der Waals surface area contributed by atoms with Gasteiger partial charge in [-0.25, -0.2) is 4.39 Å². The molecule has 0 radical (unpaired) electrons. The summed E-state index contributed by atoms with van der Waals surface area (Å²) >= 11 is 0. The van der Waals surface area contributed by atoms with Gasteiger partial charge in [0.15, 0.2) is 5.69 Å². The monoisotopic (exact) mass is 399 g/mol. The molecule has 2 aromatic rings. The van der Waals surface area contributed by atoms with Gasteiger partial charge in [0.1, 0.15) is 17.1 Å². The number of benzene rings is 1. The molecular weight excluding hydrogens is 377 g/mol. The van der Waals surface area contributed by atoms with Gasteiger partial charge in [-0.15, -0.1) is 6.58 Å². The maximum atomic E-state index is 13.0. The molecule has 3 rings (SSSR count). The largest absolute Gasteiger partial charge is 0.350 e. The van der Waals surface area contributed by atoms with Crippen LogP contribution in [0.5, 0.6) is 0 Å². The first-order chi connectivity index (χ1) is 13.8. The molecule has 152 valence electrons. The van der Waals surface area contributed by atoms with E-state index in [4.69, 9.17) is 0 Å². The van der Waals surface area contributed by atoms with Gasteiger partial charge in [-0.05, 0) is 24.6 Å². The molecule has 0 bridgehead atoms. The summed E-state index contributed by atoms with van der Waals surface area (Å²) < 4.78 is 14.4. The van der Waals surface area contributed by atoms with Gasteiger partial charge in [0.05, 0.1) is 6.54 Å². The number of carbonyl (C=O) groups is 3. The van der Waals surface area contributed by atoms with Crippen LogP contribution in [0.3, 0.4) is 0 Å². The number of fused-ring (bicyclic) bond motifs is 1. The molecule has 1 unspecified atom stereocenters. The fourth-order valence-electron chi connectivity index (χ4n) is 3.07. The summed E-state index contributed by atoms with van der Waals surface area (Å²) in [4.78, 5) is 39.2. The Bertz CT molecular complexity index is 969. The van der Waals surface area contributed by atoms with Crippen molar-refractivity contribution in [2.75, 3.05) is 13.6 Å². The van der Waals surface area contributed by atoms with E-state index < -0.39 is 17.4 Å². The number of rotatable bonds is 6. The SMILES string of the molecule is C=CCNC(=O)c1cc2n(n1)CC(C)(C(=O)NCc1ccc(F)cc1)N(C)C2=O. The highest BCUT2D eigenvalue weighted by atomic mass is 19.1. The van der Waals surface area contributed by atoms with Crippen LogP contribution >= 0.6 is 0 Å². The minimum Gasteiger partial charge on any atom is -0.350 e. The molecular formula is C20H22FN5O3. The van der Waals surface area contributed by atoms with E-state index in [1.807, 2.05) is 0 Å². The van der Waals surface area contributed by atoms with Crippen LogP contribution in [0.2, 0.25) is 0 Å². The highest BCUT2D eigenvalue weighted by Gasteiger charge is 2.46. The Hall–Kier alpha value is -3.49. The van der Waals surface area contributed by atoms with Crippen LogP contribution in [-0.2, 0) is 17.9 Å². The van der Waals surface area contributed by atoms with E-state index >= 15 is 0 Å². The number of nitrogens with one attached hydrogen (secondary N) is 2. The van der Waals surface area contributed by atoms with Gasteiger partial charge in [0.2, 0.25) is 5.91 Å². The third-order valence-electron chi connectivity index (χ3n) is 5.00. The van der Waals surface area contributed by atoms with Gasteiger partial charge in [-0.1, -0.05) is 18.2 Å². The van der Waals surface area contributed by atoms with Crippen molar-refractivity contribution in [1.82, 2.24) is 25.3 Å². The molecule has 0 spiro atoms. The van der Waals surface area contributed by atoms with Crippen LogP contribution in [0, 0.1) is 5.82 Å². The lowest BCUT2D eigenvalue weighted by molar-refractivity contribution is -0.132. The molecule has 0 saturated heterocycles. The van der Waals surface area contributed by atoms with Gasteiger partial charge in [0.25, 0.3) is 11.8 Å². The Morgan fingerprint density at radius 1 is 1.31 bits per heavy atom. The molecule has 2 N–H and O–H groups in total. The van der Waals surface area contributed by atoms with Crippen molar-refractivity contribution in [3.05, 3.63) is 65.8 Å². The van der Waals surface area contributed by atoms with E-state index in [2.05, 4.69) is 22.3 Å². The van der Waals surface area contributed by atoms with Crippen molar-refractivity contribution < 1.29 is 18.8 Å². The lowest BCUT2D eigenvalue weighted by Crippen LogP contribution is -2.62. The van der Waals surface area contributed by atoms with Gasteiger partial charge >= 0.3 is 0 Å². The molecule has 1 aromatic heterocycles. The molecule has 1 aromatic carbocycles. The Morgan fingerprint density at radius 2 is 2.00 bits per heavy atom. The quantitative estimate of drug-likeness (QED) is 0.711. The smallest absolute Gasteiger partial charge is 0.272 e. The molecule has 0 fully saturated rings. The molecule has 1 aliphatic rings. The van der Waals surface area contributed by atoms with Gasteiger partial charge in [-0.2, -0.15) is 5.10 Å². The van der Waals surface area contributed by atoms with Gasteiger partial charge < -0.3 is 15.5 Å². The number of hydrogen-bond acceptors (Lipinski definition) is 4. The van der Waals surface area contributed by atoms with E-state index in [1.165, 1.54) is 40.9 Å². The first-order valence-electron chi connectivity index (χ1n) is 9.04. The van der Waals surface area contributed by atoms with E-state index in [0.29, 0.717) is 0 Å². The Morgan fingerprint density at radius 3 is 2.66 bits per heavy atom. The Balaban J connectivity index is 1.78. The maximum Gasteiger partial charge on any atom is 0.272 e. The maximum absolute atomic E-state index is 13.0. The number of amides is 3. The van der Waals surface area contributed by atoms with Crippen molar-refractivity contribution in [2.24, 2.45) is 0 Å². The Kier molecular flexibility index (Phi) is 5.49. The third kappa shape index (κ3) is 3.89. The van der Waals surface area contributed by atoms with Crippen LogP contribution in [0.1, 0.15) is 33.5 Å². The van der Waals surface area contributed by atoms with Crippen LogP contribution < -0.4 is 10.6 Å². The number of likely N-dealkylation sites (N-methyl/N-ethyl adjacent to an activating group) is 1. The second-order valence-corrected chi connectivity index (χ2v) is 7.02. The molecule has 3 amide bonds. The summed E-state index contributed by atoms with van der Waals surface area (Å²) in [5, 5.41) is 9.58. The van der Waals surface area contributed by atoms with Crippen LogP contribution in [-0.4, -0.2) is 51.5 Å². The highest BCUT2D eigenvalue weighted by Crippen LogP contribution is 2.26. The average Bonchev–Trinajstić information content (AvgIpc) is 3.13. The van der Waals surface area contributed by atoms with Crippen molar-refractivity contribution in [3.63, 3.8) is 0 Å². The first kappa shape index (κ1) is 20.2. The summed E-state index contributed by atoms with van der Waals surface area (Å²) in [5.41, 5.74) is -0.140. The second-order valence-electron chi connectivity index (χ2n) is 7.02. The van der Waals surface area contributed by atoms with Gasteiger partial charge in [0, 0.05) is 26.2 Å². The van der Waals surface area contributed by atoms with E-state index in [0.717, 1.165) is 5.56 Å². The Labute approximate surface area is 167 Å². The minimum atomic E-state index is -1.20. The summed E-state index contributed by atoms with van der Waals surface area (Å²) in [6, 6.07) is 7.19. The van der Waals surface area contributed by atoms with Crippen LogP contribution in [0.25, 0.3) is 0 Å². The molecule has 1 aliphatic heterocycles. The molecule has 1 atom stereocenters. The fourth-order valence-corrected chi connectivity index (χ4v) is 3.07. The summed E-state index contributed by atoms with van der Waals surface area (Å²) in [6.45, 7) is 5.72. The molecule has 0 aliphatic carbocycles. The molecule has 8 nitrogen and oxygen atoms in total. The molecule has 9 heteroatoms. The topological polar surface area (TPSA) is 96.3 Å². The number of hydrogen-bond donors (Lipinski definition) is 2.